The average molecular weight is 358 g/mol. The van der Waals surface area contributed by atoms with Gasteiger partial charge in [-0.15, -0.1) is 0 Å². The number of nitrogens with zero attached hydrogens (tertiary/aromatic N) is 5. The van der Waals surface area contributed by atoms with E-state index >= 15 is 0 Å². The molecular formula is C21H22N6. The zero-order valence-electron chi connectivity index (χ0n) is 15.9. The Kier molecular flexibility index (Phi) is 4.32. The largest absolute Gasteiger partial charge is 0.358 e. The Morgan fingerprint density at radius 1 is 1.04 bits per heavy atom. The minimum Gasteiger partial charge on any atom is -0.358 e. The Hall–Kier alpha value is -3.28. The van der Waals surface area contributed by atoms with Crippen molar-refractivity contribution in [1.29, 1.82) is 0 Å². The Bertz CT molecular complexity index is 1100. The Morgan fingerprint density at radius 3 is 2.63 bits per heavy atom. The van der Waals surface area contributed by atoms with Crippen LogP contribution in [-0.2, 0) is 7.05 Å². The molecule has 0 saturated heterocycles. The summed E-state index contributed by atoms with van der Waals surface area (Å²) in [5.74, 6) is 1.48. The molecule has 27 heavy (non-hydrogen) atoms. The highest BCUT2D eigenvalue weighted by Gasteiger charge is 2.20. The van der Waals surface area contributed by atoms with Crippen molar-refractivity contribution < 1.29 is 0 Å². The van der Waals surface area contributed by atoms with Crippen LogP contribution < -0.4 is 5.32 Å². The molecule has 1 aromatic carbocycles. The van der Waals surface area contributed by atoms with Crippen LogP contribution in [0.25, 0.3) is 11.0 Å². The lowest BCUT2D eigenvalue weighted by Crippen LogP contribution is -2.15. The molecule has 1 atom stereocenters. The summed E-state index contributed by atoms with van der Waals surface area (Å²) in [6.07, 6.45) is 5.49. The maximum absolute atomic E-state index is 4.66. The highest BCUT2D eigenvalue weighted by Crippen LogP contribution is 2.31. The van der Waals surface area contributed by atoms with Gasteiger partial charge in [-0.2, -0.15) is 5.10 Å². The normalized spacial score (nSPS) is 12.3. The number of fused-ring (bicyclic) bond motifs is 1. The Morgan fingerprint density at radius 2 is 1.89 bits per heavy atom. The lowest BCUT2D eigenvalue weighted by molar-refractivity contribution is 0.782. The van der Waals surface area contributed by atoms with Gasteiger partial charge in [-0.1, -0.05) is 29.8 Å². The van der Waals surface area contributed by atoms with E-state index in [0.717, 1.165) is 22.4 Å². The molecule has 3 aromatic heterocycles. The van der Waals surface area contributed by atoms with Crippen LogP contribution in [0.1, 0.15) is 34.1 Å². The highest BCUT2D eigenvalue weighted by molar-refractivity contribution is 5.86. The first kappa shape index (κ1) is 17.1. The number of aromatic nitrogens is 5. The van der Waals surface area contributed by atoms with Crippen LogP contribution >= 0.6 is 0 Å². The Balaban J connectivity index is 1.86. The lowest BCUT2D eigenvalue weighted by atomic mass is 9.94. The quantitative estimate of drug-likeness (QED) is 0.599. The molecule has 0 unspecified atom stereocenters. The van der Waals surface area contributed by atoms with Gasteiger partial charge in [0.2, 0.25) is 0 Å². The summed E-state index contributed by atoms with van der Waals surface area (Å²) in [6.45, 7) is 6.14. The van der Waals surface area contributed by atoms with Crippen molar-refractivity contribution in [3.63, 3.8) is 0 Å². The number of hydrogen-bond acceptors (Lipinski definition) is 5. The number of anilines is 1. The van der Waals surface area contributed by atoms with Crippen molar-refractivity contribution in [3.05, 3.63) is 77.0 Å². The first-order valence-corrected chi connectivity index (χ1v) is 8.93. The van der Waals surface area contributed by atoms with Crippen LogP contribution in [0.5, 0.6) is 0 Å². The number of aryl methyl sites for hydroxylation is 4. The van der Waals surface area contributed by atoms with Crippen molar-refractivity contribution in [2.24, 2.45) is 7.05 Å². The van der Waals surface area contributed by atoms with Gasteiger partial charge >= 0.3 is 0 Å². The summed E-state index contributed by atoms with van der Waals surface area (Å²) >= 11 is 0. The SMILES string of the molecule is Cc1ccc([C@@H](Nc2nc(C)nc3c2cnn3C)c2cccnc2)c(C)c1. The van der Waals surface area contributed by atoms with Gasteiger partial charge in [0.15, 0.2) is 5.65 Å². The number of pyridine rings is 1. The molecule has 0 aliphatic heterocycles. The number of rotatable bonds is 4. The molecule has 0 bridgehead atoms. The van der Waals surface area contributed by atoms with E-state index < -0.39 is 0 Å². The van der Waals surface area contributed by atoms with E-state index in [0.29, 0.717) is 5.82 Å². The summed E-state index contributed by atoms with van der Waals surface area (Å²) in [6, 6.07) is 10.5. The maximum atomic E-state index is 4.66. The molecule has 0 saturated carbocycles. The fraction of sp³-hybridized carbons (Fsp3) is 0.238. The molecule has 6 heteroatoms. The van der Waals surface area contributed by atoms with Crippen LogP contribution in [0.2, 0.25) is 0 Å². The molecule has 0 spiro atoms. The van der Waals surface area contributed by atoms with Crippen LogP contribution in [0, 0.1) is 20.8 Å². The molecule has 0 aliphatic rings. The molecule has 3 heterocycles. The molecular weight excluding hydrogens is 336 g/mol. The second-order valence-corrected chi connectivity index (χ2v) is 6.85. The van der Waals surface area contributed by atoms with Crippen LogP contribution in [0.3, 0.4) is 0 Å². The third-order valence-electron chi connectivity index (χ3n) is 4.74. The van der Waals surface area contributed by atoms with Gasteiger partial charge in [0.1, 0.15) is 11.6 Å². The standard InChI is InChI=1S/C21H22N6/c1-13-7-8-17(14(2)10-13)19(16-6-5-9-22-11-16)26-20-18-12-23-27(4)21(18)25-15(3)24-20/h5-12,19H,1-4H3,(H,24,25,26)/t19-/m0/s1. The first-order chi connectivity index (χ1) is 13.0. The average Bonchev–Trinajstić information content (AvgIpc) is 3.02. The third-order valence-corrected chi connectivity index (χ3v) is 4.74. The lowest BCUT2D eigenvalue weighted by Gasteiger charge is -2.22. The minimum atomic E-state index is -0.0722. The zero-order chi connectivity index (χ0) is 19.0. The van der Waals surface area contributed by atoms with E-state index in [-0.39, 0.29) is 6.04 Å². The number of benzene rings is 1. The predicted octanol–water partition coefficient (Wildman–Crippen LogP) is 3.89. The molecule has 1 N–H and O–H groups in total. The van der Waals surface area contributed by atoms with Gasteiger partial charge in [-0.05, 0) is 43.5 Å². The second-order valence-electron chi connectivity index (χ2n) is 6.85. The third kappa shape index (κ3) is 3.26. The fourth-order valence-electron chi connectivity index (χ4n) is 3.41. The van der Waals surface area contributed by atoms with E-state index in [1.54, 1.807) is 17.1 Å². The summed E-state index contributed by atoms with van der Waals surface area (Å²) in [7, 11) is 1.89. The van der Waals surface area contributed by atoms with Crippen LogP contribution in [-0.4, -0.2) is 24.7 Å². The fourth-order valence-corrected chi connectivity index (χ4v) is 3.41. The summed E-state index contributed by atoms with van der Waals surface area (Å²) in [5, 5.41) is 8.87. The molecule has 0 aliphatic carbocycles. The van der Waals surface area contributed by atoms with Crippen LogP contribution in [0.4, 0.5) is 5.82 Å². The molecule has 136 valence electrons. The van der Waals surface area contributed by atoms with Crippen molar-refractivity contribution in [1.82, 2.24) is 24.7 Å². The summed E-state index contributed by atoms with van der Waals surface area (Å²) < 4.78 is 1.77. The summed E-state index contributed by atoms with van der Waals surface area (Å²) in [5.41, 5.74) is 5.56. The van der Waals surface area contributed by atoms with E-state index in [1.165, 1.54) is 16.7 Å². The van der Waals surface area contributed by atoms with Crippen molar-refractivity contribution in [3.8, 4) is 0 Å². The van der Waals surface area contributed by atoms with Gasteiger partial charge in [0, 0.05) is 19.4 Å². The maximum Gasteiger partial charge on any atom is 0.163 e. The molecule has 6 nitrogen and oxygen atoms in total. The smallest absolute Gasteiger partial charge is 0.163 e. The van der Waals surface area contributed by atoms with Gasteiger partial charge in [-0.25, -0.2) is 9.97 Å². The summed E-state index contributed by atoms with van der Waals surface area (Å²) in [4.78, 5) is 13.5. The van der Waals surface area contributed by atoms with Crippen molar-refractivity contribution >= 4 is 16.9 Å². The topological polar surface area (TPSA) is 68.5 Å². The molecule has 0 radical (unpaired) electrons. The zero-order valence-corrected chi connectivity index (χ0v) is 15.9. The van der Waals surface area contributed by atoms with Gasteiger partial charge in [0.25, 0.3) is 0 Å². The first-order valence-electron chi connectivity index (χ1n) is 8.93. The second kappa shape index (κ2) is 6.79. The number of hydrogen-bond donors (Lipinski definition) is 1. The monoisotopic (exact) mass is 358 g/mol. The highest BCUT2D eigenvalue weighted by atomic mass is 15.3. The molecule has 0 fully saturated rings. The van der Waals surface area contributed by atoms with E-state index in [9.17, 15) is 0 Å². The van der Waals surface area contributed by atoms with Crippen molar-refractivity contribution in [2.45, 2.75) is 26.8 Å². The van der Waals surface area contributed by atoms with E-state index in [4.69, 9.17) is 0 Å². The van der Waals surface area contributed by atoms with Gasteiger partial charge in [-0.3, -0.25) is 9.67 Å². The minimum absolute atomic E-state index is 0.0722. The predicted molar refractivity (Wildman–Crippen MR) is 107 cm³/mol. The van der Waals surface area contributed by atoms with E-state index in [1.807, 2.05) is 26.2 Å². The van der Waals surface area contributed by atoms with Gasteiger partial charge < -0.3 is 5.32 Å². The van der Waals surface area contributed by atoms with Crippen LogP contribution in [0.15, 0.2) is 48.9 Å². The molecule has 4 aromatic rings. The Labute approximate surface area is 158 Å². The number of nitrogens with one attached hydrogen (secondary N) is 1. The molecule has 0 amide bonds. The molecule has 4 rings (SSSR count). The van der Waals surface area contributed by atoms with Gasteiger partial charge in [0.05, 0.1) is 17.6 Å². The van der Waals surface area contributed by atoms with E-state index in [2.05, 4.69) is 63.5 Å². The van der Waals surface area contributed by atoms with Crippen molar-refractivity contribution in [2.75, 3.05) is 5.32 Å².